The van der Waals surface area contributed by atoms with Crippen molar-refractivity contribution in [3.63, 3.8) is 0 Å². The Morgan fingerprint density at radius 1 is 0.100 bits per heavy atom. The first kappa shape index (κ1) is 57.3. The van der Waals surface area contributed by atoms with Gasteiger partial charge in [-0.05, 0) is 222 Å². The summed E-state index contributed by atoms with van der Waals surface area (Å²) >= 11 is 0. The standard InChI is InChI=1S/C100H62/c1-9-29-63(30-10-1)74-45-25-46-75(64-31-11-2-12-32-64)89(74)72-54-56-82-88(62-72)93(70-43-23-8-24-44-70)97-83-51-27-49-78-73(57-59-85(95(78)83)99(97)91(82)68-39-19-6-20-40-68)71-53-55-81-87(61-71)92(69-41-21-7-22-42-69)98-84-52-28-50-79-80(58-60-86(96(79)84)100(98)90(81)67-37-17-5-18-38-67)94-76(65-33-13-3-14-34-65)47-26-48-77(94)66-35-15-4-16-36-66/h1-62H. The zero-order valence-electron chi connectivity index (χ0n) is 54.8. The van der Waals surface area contributed by atoms with Crippen LogP contribution < -0.4 is 0 Å². The summed E-state index contributed by atoms with van der Waals surface area (Å²) < 4.78 is 0. The van der Waals surface area contributed by atoms with Gasteiger partial charge in [-0.3, -0.25) is 0 Å². The van der Waals surface area contributed by atoms with E-state index >= 15 is 0 Å². The van der Waals surface area contributed by atoms with Gasteiger partial charge in [0.1, 0.15) is 0 Å². The van der Waals surface area contributed by atoms with Crippen molar-refractivity contribution in [1.29, 1.82) is 0 Å². The highest BCUT2D eigenvalue weighted by Gasteiger charge is 2.35. The van der Waals surface area contributed by atoms with Gasteiger partial charge in [0, 0.05) is 0 Å². The molecule has 2 aliphatic rings. The van der Waals surface area contributed by atoms with Crippen LogP contribution in [0.25, 0.3) is 210 Å². The van der Waals surface area contributed by atoms with E-state index in [4.69, 9.17) is 0 Å². The Labute approximate surface area is 582 Å². The molecule has 0 saturated heterocycles. The molecule has 0 heterocycles. The Hall–Kier alpha value is -13.0. The van der Waals surface area contributed by atoms with Crippen molar-refractivity contribution >= 4 is 43.1 Å². The molecule has 0 bridgehead atoms. The predicted molar refractivity (Wildman–Crippen MR) is 425 cm³/mol. The van der Waals surface area contributed by atoms with Crippen LogP contribution in [-0.2, 0) is 0 Å². The Bertz CT molecular complexity index is 6180. The zero-order chi connectivity index (χ0) is 65.8. The van der Waals surface area contributed by atoms with Crippen LogP contribution in [-0.4, -0.2) is 0 Å². The topological polar surface area (TPSA) is 0 Å². The number of hydrogen-bond acceptors (Lipinski definition) is 0. The molecule has 0 atom stereocenters. The summed E-state index contributed by atoms with van der Waals surface area (Å²) in [4.78, 5) is 0. The molecular formula is C100H62. The summed E-state index contributed by atoms with van der Waals surface area (Å²) in [6.45, 7) is 0. The van der Waals surface area contributed by atoms with Crippen molar-refractivity contribution < 1.29 is 0 Å². The van der Waals surface area contributed by atoms with Gasteiger partial charge in [-0.15, -0.1) is 0 Å². The van der Waals surface area contributed by atoms with Crippen LogP contribution >= 0.6 is 0 Å². The van der Waals surface area contributed by atoms with Crippen molar-refractivity contribution in [3.8, 4) is 167 Å². The van der Waals surface area contributed by atoms with E-state index in [2.05, 4.69) is 376 Å². The first-order chi connectivity index (χ1) is 49.7. The summed E-state index contributed by atoms with van der Waals surface area (Å²) in [7, 11) is 0. The molecule has 462 valence electrons. The average molecular weight is 1260 g/mol. The molecule has 20 rings (SSSR count). The maximum absolute atomic E-state index is 2.53. The summed E-state index contributed by atoms with van der Waals surface area (Å²) in [5.41, 5.74) is 36.8. The summed E-state index contributed by atoms with van der Waals surface area (Å²) in [6.07, 6.45) is 0. The van der Waals surface area contributed by atoms with Crippen LogP contribution in [0.2, 0.25) is 0 Å². The second kappa shape index (κ2) is 23.4. The van der Waals surface area contributed by atoms with Crippen molar-refractivity contribution in [3.05, 3.63) is 376 Å². The third-order valence-corrected chi connectivity index (χ3v) is 21.4. The van der Waals surface area contributed by atoms with Gasteiger partial charge in [-0.2, -0.15) is 0 Å². The summed E-state index contributed by atoms with van der Waals surface area (Å²) in [6, 6.07) is 141. The molecule has 0 nitrogen and oxygen atoms in total. The molecule has 18 aromatic carbocycles. The minimum atomic E-state index is 1.18. The van der Waals surface area contributed by atoms with E-state index in [1.54, 1.807) is 0 Å². The molecule has 0 fully saturated rings. The molecule has 0 saturated carbocycles. The molecule has 0 heteroatoms. The van der Waals surface area contributed by atoms with Gasteiger partial charge in [-0.1, -0.05) is 364 Å². The Kier molecular flexibility index (Phi) is 13.4. The molecule has 0 amide bonds. The lowest BCUT2D eigenvalue weighted by Gasteiger charge is -2.22. The van der Waals surface area contributed by atoms with Gasteiger partial charge in [0.15, 0.2) is 0 Å². The van der Waals surface area contributed by atoms with Crippen LogP contribution in [0.15, 0.2) is 376 Å². The van der Waals surface area contributed by atoms with Crippen LogP contribution in [0.5, 0.6) is 0 Å². The fourth-order valence-electron chi connectivity index (χ4n) is 17.3. The normalized spacial score (nSPS) is 11.8. The first-order valence-electron chi connectivity index (χ1n) is 34.8. The van der Waals surface area contributed by atoms with Gasteiger partial charge in [-0.25, -0.2) is 0 Å². The van der Waals surface area contributed by atoms with E-state index in [0.29, 0.717) is 0 Å². The van der Waals surface area contributed by atoms with Crippen molar-refractivity contribution in [2.45, 2.75) is 0 Å². The minimum absolute atomic E-state index is 1.18. The molecule has 0 aromatic heterocycles. The van der Waals surface area contributed by atoms with Crippen LogP contribution in [0.3, 0.4) is 0 Å². The molecule has 100 heavy (non-hydrogen) atoms. The lowest BCUT2D eigenvalue weighted by Crippen LogP contribution is -1.95. The molecule has 18 aromatic rings. The van der Waals surface area contributed by atoms with Gasteiger partial charge < -0.3 is 0 Å². The summed E-state index contributed by atoms with van der Waals surface area (Å²) in [5.74, 6) is 0. The fourth-order valence-corrected chi connectivity index (χ4v) is 17.3. The quantitative estimate of drug-likeness (QED) is 0.121. The number of rotatable bonds is 11. The molecule has 0 aliphatic heterocycles. The number of fused-ring (bicyclic) bond motifs is 8. The van der Waals surface area contributed by atoms with E-state index < -0.39 is 0 Å². The van der Waals surface area contributed by atoms with Crippen molar-refractivity contribution in [2.75, 3.05) is 0 Å². The molecule has 0 N–H and O–H groups in total. The van der Waals surface area contributed by atoms with Crippen molar-refractivity contribution in [1.82, 2.24) is 0 Å². The highest BCUT2D eigenvalue weighted by Crippen LogP contribution is 2.62. The molecule has 0 unspecified atom stereocenters. The van der Waals surface area contributed by atoms with Crippen LogP contribution in [0.4, 0.5) is 0 Å². The third kappa shape index (κ3) is 8.94. The van der Waals surface area contributed by atoms with E-state index in [1.165, 1.54) is 210 Å². The molecule has 0 radical (unpaired) electrons. The van der Waals surface area contributed by atoms with Gasteiger partial charge in [0.25, 0.3) is 0 Å². The van der Waals surface area contributed by atoms with Gasteiger partial charge in [0.05, 0.1) is 0 Å². The van der Waals surface area contributed by atoms with Gasteiger partial charge >= 0.3 is 0 Å². The van der Waals surface area contributed by atoms with E-state index in [0.717, 1.165) is 0 Å². The van der Waals surface area contributed by atoms with E-state index in [1.807, 2.05) is 0 Å². The smallest absolute Gasteiger partial charge is 0.000741 e. The maximum atomic E-state index is 2.53. The van der Waals surface area contributed by atoms with Crippen LogP contribution in [0, 0.1) is 0 Å². The minimum Gasteiger partial charge on any atom is -0.0622 e. The fraction of sp³-hybridized carbons (Fsp3) is 0. The number of hydrogen-bond donors (Lipinski definition) is 0. The van der Waals surface area contributed by atoms with E-state index in [-0.39, 0.29) is 0 Å². The summed E-state index contributed by atoms with van der Waals surface area (Å²) in [5, 5.41) is 9.95. The monoisotopic (exact) mass is 1260 g/mol. The van der Waals surface area contributed by atoms with Crippen molar-refractivity contribution in [2.24, 2.45) is 0 Å². The second-order valence-electron chi connectivity index (χ2n) is 26.7. The largest absolute Gasteiger partial charge is 0.0622 e. The van der Waals surface area contributed by atoms with Gasteiger partial charge in [0.2, 0.25) is 0 Å². The van der Waals surface area contributed by atoms with Crippen LogP contribution in [0.1, 0.15) is 0 Å². The molecular weight excluding hydrogens is 1200 g/mol. The third-order valence-electron chi connectivity index (χ3n) is 21.4. The SMILES string of the molecule is c1ccc(-c2cccc(-c3ccccc3)c2-c2ccc3c(-c4ccccc4)c4c(c(-c5ccccc5)c3c2)-c2cccc3c(-c5ccc6c(-c7ccccc7)c7c(c(-c8ccccc8)c6c5)-c5cccc6c(-c8c(-c9ccccc9)cccc8-c8ccccc8)ccc-7c56)ccc-4c23)cc1. The Balaban J connectivity index is 0.834. The lowest BCUT2D eigenvalue weighted by molar-refractivity contribution is 1.56. The average Bonchev–Trinajstić information content (AvgIpc) is 1.52. The predicted octanol–water partition coefficient (Wildman–Crippen LogP) is 27.9. The Morgan fingerprint density at radius 2 is 0.360 bits per heavy atom. The second-order valence-corrected chi connectivity index (χ2v) is 26.7. The molecule has 2 aliphatic carbocycles. The zero-order valence-corrected chi connectivity index (χ0v) is 54.8. The first-order valence-corrected chi connectivity index (χ1v) is 34.8. The Morgan fingerprint density at radius 3 is 0.730 bits per heavy atom. The van der Waals surface area contributed by atoms with E-state index in [9.17, 15) is 0 Å². The highest BCUT2D eigenvalue weighted by molar-refractivity contribution is 6.32. The maximum Gasteiger partial charge on any atom is -0.000741 e. The highest BCUT2D eigenvalue weighted by atomic mass is 14.4. The molecule has 0 spiro atoms. The number of benzene rings is 18. The lowest BCUT2D eigenvalue weighted by atomic mass is 9.80.